The number of likely N-dealkylation sites (tertiary alicyclic amines) is 1. The van der Waals surface area contributed by atoms with Crippen molar-refractivity contribution in [3.05, 3.63) is 58.6 Å². The molecule has 1 saturated heterocycles. The van der Waals surface area contributed by atoms with E-state index in [-0.39, 0.29) is 16.7 Å². The highest BCUT2D eigenvalue weighted by Crippen LogP contribution is 2.33. The summed E-state index contributed by atoms with van der Waals surface area (Å²) in [5.41, 5.74) is 3.01. The SMILES string of the molecule is CN(C)S(=O)(=O)c1ccc2c(c1)CCN2C(=O)C1CCN(Cc2ccc(Cl)cc2)CC1. The van der Waals surface area contributed by atoms with Gasteiger partial charge in [0.2, 0.25) is 15.9 Å². The number of hydrogen-bond acceptors (Lipinski definition) is 4. The second-order valence-corrected chi connectivity index (χ2v) is 11.1. The Morgan fingerprint density at radius 3 is 2.39 bits per heavy atom. The van der Waals surface area contributed by atoms with Gasteiger partial charge in [0, 0.05) is 43.8 Å². The molecule has 0 atom stereocenters. The molecule has 0 unspecified atom stereocenters. The molecule has 1 fully saturated rings. The molecule has 0 N–H and O–H groups in total. The van der Waals surface area contributed by atoms with Gasteiger partial charge in [-0.05, 0) is 73.8 Å². The smallest absolute Gasteiger partial charge is 0.242 e. The number of halogens is 1. The van der Waals surface area contributed by atoms with Crippen LogP contribution in [0.25, 0.3) is 0 Å². The van der Waals surface area contributed by atoms with Crippen molar-refractivity contribution in [2.75, 3.05) is 38.6 Å². The fourth-order valence-corrected chi connectivity index (χ4v) is 5.46. The fraction of sp³-hybridized carbons (Fsp3) is 0.435. The molecule has 0 radical (unpaired) electrons. The van der Waals surface area contributed by atoms with E-state index in [1.54, 1.807) is 18.2 Å². The maximum Gasteiger partial charge on any atom is 0.242 e. The lowest BCUT2D eigenvalue weighted by atomic mass is 9.95. The summed E-state index contributed by atoms with van der Waals surface area (Å²) in [5.74, 6) is 0.172. The molecule has 8 heteroatoms. The molecule has 2 heterocycles. The second kappa shape index (κ2) is 8.90. The van der Waals surface area contributed by atoms with Crippen molar-refractivity contribution < 1.29 is 13.2 Å². The normalized spacial score (nSPS) is 17.9. The molecule has 4 rings (SSSR count). The number of fused-ring (bicyclic) bond motifs is 1. The molecule has 0 bridgehead atoms. The number of piperidine rings is 1. The minimum Gasteiger partial charge on any atom is -0.312 e. The van der Waals surface area contributed by atoms with Gasteiger partial charge < -0.3 is 4.90 Å². The van der Waals surface area contributed by atoms with Crippen LogP contribution in [0.3, 0.4) is 0 Å². The van der Waals surface area contributed by atoms with E-state index >= 15 is 0 Å². The summed E-state index contributed by atoms with van der Waals surface area (Å²) < 4.78 is 26.0. The van der Waals surface area contributed by atoms with Gasteiger partial charge >= 0.3 is 0 Å². The Morgan fingerprint density at radius 1 is 1.06 bits per heavy atom. The molecule has 1 amide bonds. The van der Waals surface area contributed by atoms with Crippen LogP contribution < -0.4 is 4.90 Å². The van der Waals surface area contributed by atoms with E-state index in [0.717, 1.165) is 48.7 Å². The van der Waals surface area contributed by atoms with Gasteiger partial charge in [0.25, 0.3) is 0 Å². The number of rotatable bonds is 5. The van der Waals surface area contributed by atoms with Crippen LogP contribution in [-0.4, -0.2) is 57.3 Å². The van der Waals surface area contributed by atoms with Gasteiger partial charge in [-0.25, -0.2) is 12.7 Å². The largest absolute Gasteiger partial charge is 0.312 e. The van der Waals surface area contributed by atoms with Crippen LogP contribution in [0, 0.1) is 5.92 Å². The summed E-state index contributed by atoms with van der Waals surface area (Å²) in [7, 11) is -0.423. The Morgan fingerprint density at radius 2 is 1.74 bits per heavy atom. The van der Waals surface area contributed by atoms with E-state index in [1.165, 1.54) is 24.0 Å². The summed E-state index contributed by atoms with van der Waals surface area (Å²) in [6.45, 7) is 3.26. The van der Waals surface area contributed by atoms with Crippen molar-refractivity contribution in [2.24, 2.45) is 5.92 Å². The molecule has 2 aromatic rings. The summed E-state index contributed by atoms with van der Waals surface area (Å²) in [5, 5.41) is 0.741. The van der Waals surface area contributed by atoms with Crippen LogP contribution in [0.5, 0.6) is 0 Å². The van der Waals surface area contributed by atoms with Gasteiger partial charge in [0.05, 0.1) is 4.90 Å². The number of sulfonamides is 1. The van der Waals surface area contributed by atoms with Crippen molar-refractivity contribution in [3.8, 4) is 0 Å². The number of anilines is 1. The maximum atomic E-state index is 13.2. The molecule has 0 aliphatic carbocycles. The van der Waals surface area contributed by atoms with E-state index in [4.69, 9.17) is 11.6 Å². The monoisotopic (exact) mass is 461 g/mol. The first-order chi connectivity index (χ1) is 14.8. The predicted octanol–water partition coefficient (Wildman–Crippen LogP) is 3.39. The number of hydrogen-bond donors (Lipinski definition) is 0. The van der Waals surface area contributed by atoms with Gasteiger partial charge in [-0.15, -0.1) is 0 Å². The van der Waals surface area contributed by atoms with Crippen LogP contribution in [0.1, 0.15) is 24.0 Å². The zero-order valence-electron chi connectivity index (χ0n) is 17.9. The Kier molecular flexibility index (Phi) is 6.40. The minimum atomic E-state index is -3.47. The molecule has 2 aliphatic heterocycles. The molecule has 2 aliphatic rings. The molecule has 0 aromatic heterocycles. The maximum absolute atomic E-state index is 13.2. The molecule has 0 saturated carbocycles. The van der Waals surface area contributed by atoms with Crippen LogP contribution in [0.2, 0.25) is 5.02 Å². The number of benzene rings is 2. The third-order valence-corrected chi connectivity index (χ3v) is 8.31. The summed E-state index contributed by atoms with van der Waals surface area (Å²) in [4.78, 5) is 17.7. The molecule has 166 valence electrons. The Labute approximate surface area is 189 Å². The highest BCUT2D eigenvalue weighted by molar-refractivity contribution is 7.89. The van der Waals surface area contributed by atoms with E-state index in [1.807, 2.05) is 29.2 Å². The van der Waals surface area contributed by atoms with Crippen molar-refractivity contribution in [2.45, 2.75) is 30.7 Å². The van der Waals surface area contributed by atoms with Gasteiger partial charge in [0.15, 0.2) is 0 Å². The Hall–Kier alpha value is -1.93. The van der Waals surface area contributed by atoms with E-state index in [2.05, 4.69) is 4.90 Å². The predicted molar refractivity (Wildman–Crippen MR) is 123 cm³/mol. The van der Waals surface area contributed by atoms with Gasteiger partial charge in [-0.2, -0.15) is 0 Å². The van der Waals surface area contributed by atoms with Crippen LogP contribution >= 0.6 is 11.6 Å². The first-order valence-electron chi connectivity index (χ1n) is 10.6. The van der Waals surface area contributed by atoms with Crippen LogP contribution in [0.4, 0.5) is 5.69 Å². The lowest BCUT2D eigenvalue weighted by molar-refractivity contribution is -0.123. The highest BCUT2D eigenvalue weighted by Gasteiger charge is 2.33. The van der Waals surface area contributed by atoms with Crippen LogP contribution in [-0.2, 0) is 27.8 Å². The average Bonchev–Trinajstić information content (AvgIpc) is 3.18. The van der Waals surface area contributed by atoms with Gasteiger partial charge in [-0.1, -0.05) is 23.7 Å². The number of carbonyl (C=O) groups is 1. The third kappa shape index (κ3) is 4.65. The lowest BCUT2D eigenvalue weighted by Gasteiger charge is -2.33. The minimum absolute atomic E-state index is 0.0117. The van der Waals surface area contributed by atoms with Crippen molar-refractivity contribution >= 4 is 33.2 Å². The number of amides is 1. The van der Waals surface area contributed by atoms with Gasteiger partial charge in [0.1, 0.15) is 0 Å². The van der Waals surface area contributed by atoms with E-state index < -0.39 is 10.0 Å². The van der Waals surface area contributed by atoms with E-state index in [0.29, 0.717) is 13.0 Å². The molecule has 2 aromatic carbocycles. The van der Waals surface area contributed by atoms with Gasteiger partial charge in [-0.3, -0.25) is 9.69 Å². The molecular weight excluding hydrogens is 434 g/mol. The fourth-order valence-electron chi connectivity index (χ4n) is 4.38. The Bertz CT molecular complexity index is 1060. The first kappa shape index (κ1) is 22.3. The van der Waals surface area contributed by atoms with Crippen molar-refractivity contribution in [3.63, 3.8) is 0 Å². The van der Waals surface area contributed by atoms with Crippen LogP contribution in [0.15, 0.2) is 47.4 Å². The average molecular weight is 462 g/mol. The zero-order valence-corrected chi connectivity index (χ0v) is 19.5. The van der Waals surface area contributed by atoms with E-state index in [9.17, 15) is 13.2 Å². The zero-order chi connectivity index (χ0) is 22.2. The molecule has 0 spiro atoms. The quantitative estimate of drug-likeness (QED) is 0.684. The summed E-state index contributed by atoms with van der Waals surface area (Å²) in [6.07, 6.45) is 2.37. The van der Waals surface area contributed by atoms with Crippen molar-refractivity contribution in [1.29, 1.82) is 0 Å². The molecular formula is C23H28ClN3O3S. The molecule has 31 heavy (non-hydrogen) atoms. The second-order valence-electron chi connectivity index (χ2n) is 8.49. The summed E-state index contributed by atoms with van der Waals surface area (Å²) >= 11 is 5.96. The Balaban J connectivity index is 1.39. The summed E-state index contributed by atoms with van der Waals surface area (Å²) in [6, 6.07) is 13.0. The first-order valence-corrected chi connectivity index (χ1v) is 12.4. The molecule has 6 nitrogen and oxygen atoms in total. The number of nitrogens with zero attached hydrogens (tertiary/aromatic N) is 3. The highest BCUT2D eigenvalue weighted by atomic mass is 35.5. The standard InChI is InChI=1S/C23H28ClN3O3S/c1-25(2)31(29,30)21-7-8-22-19(15-21)11-14-27(22)23(28)18-9-12-26(13-10-18)16-17-3-5-20(24)6-4-17/h3-8,15,18H,9-14,16H2,1-2H3. The van der Waals surface area contributed by atoms with Crippen molar-refractivity contribution in [1.82, 2.24) is 9.21 Å². The number of carbonyl (C=O) groups excluding carboxylic acids is 1. The lowest BCUT2D eigenvalue weighted by Crippen LogP contribution is -2.41. The third-order valence-electron chi connectivity index (χ3n) is 6.25. The topological polar surface area (TPSA) is 60.9 Å².